The van der Waals surface area contributed by atoms with E-state index in [1.165, 1.54) is 12.1 Å². The summed E-state index contributed by atoms with van der Waals surface area (Å²) in [5.41, 5.74) is 10.6. The van der Waals surface area contributed by atoms with Crippen LogP contribution < -0.4 is 16.2 Å². The number of carbonyl (C=O) groups excluding carboxylic acids is 2. The summed E-state index contributed by atoms with van der Waals surface area (Å²) in [5, 5.41) is 24.7. The summed E-state index contributed by atoms with van der Waals surface area (Å²) in [4.78, 5) is 36.7. The summed E-state index contributed by atoms with van der Waals surface area (Å²) in [6.45, 7) is 1.54. The highest BCUT2D eigenvalue weighted by atomic mass is 32.2. The van der Waals surface area contributed by atoms with Gasteiger partial charge >= 0.3 is 12.1 Å². The summed E-state index contributed by atoms with van der Waals surface area (Å²) in [6, 6.07) is 28.4. The number of primary sulfonamides is 1. The Labute approximate surface area is 287 Å². The molecule has 0 saturated heterocycles. The van der Waals surface area contributed by atoms with Gasteiger partial charge in [0.2, 0.25) is 15.9 Å². The van der Waals surface area contributed by atoms with Gasteiger partial charge in [0, 0.05) is 38.2 Å². The van der Waals surface area contributed by atoms with E-state index in [2.05, 4.69) is 5.32 Å². The molecule has 4 aromatic rings. The number of nitrogens with two attached hydrogens (primary N) is 2. The minimum absolute atomic E-state index is 0.0294. The van der Waals surface area contributed by atoms with E-state index in [-0.39, 0.29) is 28.9 Å². The molecule has 0 spiro atoms. The third-order valence-corrected chi connectivity index (χ3v) is 8.20. The smallest absolute Gasteiger partial charge is 0.490 e. The number of phenols is 1. The van der Waals surface area contributed by atoms with Crippen molar-refractivity contribution in [3.8, 4) is 16.9 Å². The fraction of sp³-hybridized carbons (Fsp3) is 0.229. The molecule has 2 amide bonds. The van der Waals surface area contributed by atoms with Crippen molar-refractivity contribution in [1.29, 1.82) is 0 Å². The van der Waals surface area contributed by atoms with E-state index in [9.17, 15) is 36.3 Å². The van der Waals surface area contributed by atoms with Crippen LogP contribution in [0.3, 0.4) is 0 Å². The molecule has 0 aliphatic carbocycles. The summed E-state index contributed by atoms with van der Waals surface area (Å²) in [7, 11) is -3.79. The van der Waals surface area contributed by atoms with Gasteiger partial charge in [0.1, 0.15) is 5.75 Å². The molecule has 0 fully saturated rings. The Morgan fingerprint density at radius 3 is 1.94 bits per heavy atom. The van der Waals surface area contributed by atoms with Gasteiger partial charge in [0.25, 0.3) is 5.91 Å². The Hall–Kier alpha value is -5.25. The lowest BCUT2D eigenvalue weighted by Crippen LogP contribution is -2.32. The van der Waals surface area contributed by atoms with Crippen LogP contribution in [0.1, 0.15) is 33.5 Å². The number of carbonyl (C=O) groups is 3. The number of halogens is 3. The number of carboxylic acids is 1. The second-order valence-corrected chi connectivity index (χ2v) is 12.6. The number of rotatable bonds is 13. The second-order valence-electron chi connectivity index (χ2n) is 11.0. The number of nitrogens with one attached hydrogen (secondary N) is 1. The molecule has 0 heterocycles. The average molecular weight is 715 g/mol. The molecule has 50 heavy (non-hydrogen) atoms. The van der Waals surface area contributed by atoms with E-state index in [0.29, 0.717) is 44.6 Å². The summed E-state index contributed by atoms with van der Waals surface area (Å²) < 4.78 is 55.0. The first-order valence-electron chi connectivity index (χ1n) is 15.2. The number of aromatic hydroxyl groups is 1. The molecule has 11 nitrogen and oxygen atoms in total. The molecule has 4 rings (SSSR count). The highest BCUT2D eigenvalue weighted by Crippen LogP contribution is 2.23. The van der Waals surface area contributed by atoms with Gasteiger partial charge in [-0.15, -0.1) is 0 Å². The van der Waals surface area contributed by atoms with E-state index in [1.54, 1.807) is 47.4 Å². The number of amides is 2. The first-order chi connectivity index (χ1) is 23.6. The van der Waals surface area contributed by atoms with Gasteiger partial charge in [-0.25, -0.2) is 18.4 Å². The number of sulfonamides is 1. The Morgan fingerprint density at radius 1 is 0.800 bits per heavy atom. The molecular weight excluding hydrogens is 677 g/mol. The number of nitrogens with zero attached hydrogens (tertiary/aromatic N) is 1. The predicted molar refractivity (Wildman–Crippen MR) is 180 cm³/mol. The Bertz CT molecular complexity index is 1870. The number of alkyl halides is 3. The number of aliphatic carboxylic acids is 1. The van der Waals surface area contributed by atoms with Crippen LogP contribution in [0.4, 0.5) is 13.2 Å². The van der Waals surface area contributed by atoms with E-state index in [4.69, 9.17) is 20.8 Å². The predicted octanol–water partition coefficient (Wildman–Crippen LogP) is 4.23. The third-order valence-electron chi connectivity index (χ3n) is 7.27. The number of aryl methyl sites for hydroxylation is 1. The van der Waals surface area contributed by atoms with Crippen LogP contribution in [0.25, 0.3) is 11.1 Å². The first-order valence-corrected chi connectivity index (χ1v) is 16.8. The standard InChI is InChI=1S/C33H36N4O5S.C2HF3O2/c34-18-19-36-33(40)29-6-2-5-28(22-29)27-4-1-3-26(21-27)23-37(32(39)16-11-24-7-12-30(38)13-8-24)20-17-25-9-14-31(15-10-25)43(35,41)42;3-2(4,5)1(6)7/h1-10,12-15,21-22,38H,11,16-20,23,34H2,(H,36,40)(H2,35,41,42);(H,6,7). The maximum atomic E-state index is 13.5. The lowest BCUT2D eigenvalue weighted by atomic mass is 10.0. The van der Waals surface area contributed by atoms with Gasteiger partial charge in [0.05, 0.1) is 4.90 Å². The Kier molecular flexibility index (Phi) is 14.1. The lowest BCUT2D eigenvalue weighted by molar-refractivity contribution is -0.192. The molecule has 0 saturated carbocycles. The van der Waals surface area contributed by atoms with Gasteiger partial charge in [-0.2, -0.15) is 13.2 Å². The van der Waals surface area contributed by atoms with Crippen LogP contribution in [-0.2, 0) is 39.0 Å². The number of hydrogen-bond donors (Lipinski definition) is 5. The van der Waals surface area contributed by atoms with E-state index in [0.717, 1.165) is 27.8 Å². The summed E-state index contributed by atoms with van der Waals surface area (Å²) >= 11 is 0. The van der Waals surface area contributed by atoms with Crippen molar-refractivity contribution in [3.05, 3.63) is 119 Å². The zero-order valence-electron chi connectivity index (χ0n) is 26.8. The van der Waals surface area contributed by atoms with Crippen molar-refractivity contribution in [3.63, 3.8) is 0 Å². The molecule has 0 aliphatic rings. The Balaban J connectivity index is 0.000000872. The van der Waals surface area contributed by atoms with Gasteiger partial charge in [-0.1, -0.05) is 54.6 Å². The lowest BCUT2D eigenvalue weighted by Gasteiger charge is -2.24. The van der Waals surface area contributed by atoms with Crippen LogP contribution in [0, 0.1) is 0 Å². The summed E-state index contributed by atoms with van der Waals surface area (Å²) in [6.07, 6.45) is -3.75. The maximum absolute atomic E-state index is 13.5. The molecule has 4 aromatic carbocycles. The topological polar surface area (TPSA) is 193 Å². The number of benzene rings is 4. The van der Waals surface area contributed by atoms with Crippen molar-refractivity contribution in [2.45, 2.75) is 36.9 Å². The van der Waals surface area contributed by atoms with Gasteiger partial charge in [-0.3, -0.25) is 9.59 Å². The van der Waals surface area contributed by atoms with E-state index >= 15 is 0 Å². The minimum Gasteiger partial charge on any atom is -0.508 e. The molecule has 266 valence electrons. The molecule has 0 radical (unpaired) electrons. The monoisotopic (exact) mass is 714 g/mol. The molecule has 0 aromatic heterocycles. The van der Waals surface area contributed by atoms with Crippen molar-refractivity contribution in [1.82, 2.24) is 10.2 Å². The SMILES string of the molecule is NCCNC(=O)c1cccc(-c2cccc(CN(CCc3ccc(S(N)(=O)=O)cc3)C(=O)CCc3ccc(O)cc3)c2)c1.O=C(O)C(F)(F)F. The number of hydrogen-bond acceptors (Lipinski definition) is 7. The fourth-order valence-electron chi connectivity index (χ4n) is 4.67. The minimum atomic E-state index is -5.08. The Morgan fingerprint density at radius 2 is 1.36 bits per heavy atom. The van der Waals surface area contributed by atoms with Crippen molar-refractivity contribution < 1.29 is 46.2 Å². The van der Waals surface area contributed by atoms with Gasteiger partial charge in [0.15, 0.2) is 0 Å². The third kappa shape index (κ3) is 12.7. The largest absolute Gasteiger partial charge is 0.508 e. The quantitative estimate of drug-likeness (QED) is 0.136. The van der Waals surface area contributed by atoms with Gasteiger partial charge < -0.3 is 26.2 Å². The van der Waals surface area contributed by atoms with Crippen LogP contribution in [0.15, 0.2) is 102 Å². The highest BCUT2D eigenvalue weighted by molar-refractivity contribution is 7.89. The molecule has 0 bridgehead atoms. The average Bonchev–Trinajstić information content (AvgIpc) is 3.08. The van der Waals surface area contributed by atoms with Crippen LogP contribution in [0.2, 0.25) is 0 Å². The van der Waals surface area contributed by atoms with E-state index < -0.39 is 22.2 Å². The van der Waals surface area contributed by atoms with Crippen LogP contribution >= 0.6 is 0 Å². The first kappa shape index (κ1) is 39.2. The number of carboxylic acid groups (broad SMARTS) is 1. The number of phenolic OH excluding ortho intramolecular Hbond substituents is 1. The van der Waals surface area contributed by atoms with E-state index in [1.807, 2.05) is 42.5 Å². The second kappa shape index (κ2) is 17.9. The van der Waals surface area contributed by atoms with Gasteiger partial charge in [-0.05, 0) is 83.1 Å². The molecule has 15 heteroatoms. The van der Waals surface area contributed by atoms with Crippen LogP contribution in [0.5, 0.6) is 5.75 Å². The highest BCUT2D eigenvalue weighted by Gasteiger charge is 2.38. The zero-order chi connectivity index (χ0) is 36.9. The molecule has 0 aliphatic heterocycles. The molecular formula is C35H37F3N4O7S. The van der Waals surface area contributed by atoms with Crippen molar-refractivity contribution >= 4 is 27.8 Å². The fourth-order valence-corrected chi connectivity index (χ4v) is 5.19. The van der Waals surface area contributed by atoms with Crippen molar-refractivity contribution in [2.24, 2.45) is 10.9 Å². The molecule has 7 N–H and O–H groups in total. The van der Waals surface area contributed by atoms with Crippen molar-refractivity contribution in [2.75, 3.05) is 19.6 Å². The summed E-state index contributed by atoms with van der Waals surface area (Å²) in [5.74, 6) is -2.80. The zero-order valence-corrected chi connectivity index (χ0v) is 27.6. The molecule has 0 atom stereocenters. The maximum Gasteiger partial charge on any atom is 0.490 e. The normalized spacial score (nSPS) is 11.2. The molecule has 0 unspecified atom stereocenters. The van der Waals surface area contributed by atoms with Crippen LogP contribution in [-0.4, -0.2) is 67.1 Å².